The molecule has 9 heteroatoms. The third kappa shape index (κ3) is 4.22. The molecule has 0 aliphatic carbocycles. The lowest BCUT2D eigenvalue weighted by molar-refractivity contribution is 0.101. The van der Waals surface area contributed by atoms with Gasteiger partial charge >= 0.3 is 0 Å². The number of nitrogens with one attached hydrogen (secondary N) is 2. The minimum absolute atomic E-state index is 0.0558. The number of methoxy groups -OCH3 is 1. The molecule has 2 N–H and O–H groups in total. The molecule has 162 valence electrons. The second-order valence-electron chi connectivity index (χ2n) is 6.82. The molecule has 0 aliphatic heterocycles. The summed E-state index contributed by atoms with van der Waals surface area (Å²) in [6.07, 6.45) is 2.97. The number of carbonyl (C=O) groups is 2. The number of amides is 2. The van der Waals surface area contributed by atoms with E-state index in [-0.39, 0.29) is 28.4 Å². The number of para-hydroxylation sites is 1. The third-order valence-electron chi connectivity index (χ3n) is 4.71. The van der Waals surface area contributed by atoms with E-state index in [1.54, 1.807) is 13.1 Å². The number of nitrogens with zero attached hydrogens (tertiary/aromatic N) is 2. The molecule has 2 aromatic carbocycles. The van der Waals surface area contributed by atoms with E-state index in [2.05, 4.69) is 15.7 Å². The average molecular weight is 434 g/mol. The van der Waals surface area contributed by atoms with Crippen LogP contribution >= 0.6 is 0 Å². The summed E-state index contributed by atoms with van der Waals surface area (Å²) in [4.78, 5) is 25.2. The van der Waals surface area contributed by atoms with Gasteiger partial charge in [-0.2, -0.15) is 5.10 Å². The molecule has 32 heavy (non-hydrogen) atoms. The molecule has 0 radical (unpaired) electrons. The number of hydrogen-bond acceptors (Lipinski definition) is 5. The molecule has 4 aromatic rings. The lowest BCUT2D eigenvalue weighted by atomic mass is 10.2. The fourth-order valence-electron chi connectivity index (χ4n) is 3.08. The van der Waals surface area contributed by atoms with Crippen molar-refractivity contribution < 1.29 is 23.1 Å². The SMILES string of the molecule is COc1cn(-c2ccccc2)nc1C(=O)Nc1ccc(F)c(NC(=O)c2ccoc2C)c1. The van der Waals surface area contributed by atoms with E-state index in [1.165, 1.54) is 36.3 Å². The Labute approximate surface area is 182 Å². The Bertz CT molecular complexity index is 1280. The molecule has 0 saturated carbocycles. The normalized spacial score (nSPS) is 10.6. The summed E-state index contributed by atoms with van der Waals surface area (Å²) in [5, 5.41) is 9.44. The fraction of sp³-hybridized carbons (Fsp3) is 0.0870. The van der Waals surface area contributed by atoms with Gasteiger partial charge < -0.3 is 19.8 Å². The van der Waals surface area contributed by atoms with Crippen LogP contribution in [-0.4, -0.2) is 28.7 Å². The van der Waals surface area contributed by atoms with Crippen molar-refractivity contribution in [2.75, 3.05) is 17.7 Å². The molecule has 2 heterocycles. The van der Waals surface area contributed by atoms with Crippen LogP contribution in [0.15, 0.2) is 71.5 Å². The van der Waals surface area contributed by atoms with Crippen LogP contribution in [0.5, 0.6) is 5.75 Å². The Morgan fingerprint density at radius 3 is 2.53 bits per heavy atom. The quantitative estimate of drug-likeness (QED) is 0.468. The molecule has 0 fully saturated rings. The van der Waals surface area contributed by atoms with Crippen LogP contribution in [-0.2, 0) is 0 Å². The first kappa shape index (κ1) is 20.9. The van der Waals surface area contributed by atoms with Gasteiger partial charge in [0.15, 0.2) is 11.4 Å². The summed E-state index contributed by atoms with van der Waals surface area (Å²) in [6, 6.07) is 14.6. The first-order chi connectivity index (χ1) is 15.5. The highest BCUT2D eigenvalue weighted by molar-refractivity contribution is 6.07. The second-order valence-corrected chi connectivity index (χ2v) is 6.82. The molecule has 8 nitrogen and oxygen atoms in total. The van der Waals surface area contributed by atoms with Crippen LogP contribution in [0, 0.1) is 12.7 Å². The summed E-state index contributed by atoms with van der Waals surface area (Å²) in [6.45, 7) is 1.63. The van der Waals surface area contributed by atoms with Crippen LogP contribution in [0.4, 0.5) is 15.8 Å². The van der Waals surface area contributed by atoms with E-state index in [4.69, 9.17) is 9.15 Å². The highest BCUT2D eigenvalue weighted by Gasteiger charge is 2.20. The minimum Gasteiger partial charge on any atom is -0.493 e. The van der Waals surface area contributed by atoms with E-state index >= 15 is 0 Å². The predicted octanol–water partition coefficient (Wildman–Crippen LogP) is 4.43. The third-order valence-corrected chi connectivity index (χ3v) is 4.71. The van der Waals surface area contributed by atoms with Crippen molar-refractivity contribution in [1.29, 1.82) is 0 Å². The van der Waals surface area contributed by atoms with Crippen molar-refractivity contribution in [3.8, 4) is 11.4 Å². The van der Waals surface area contributed by atoms with Crippen molar-refractivity contribution in [1.82, 2.24) is 9.78 Å². The van der Waals surface area contributed by atoms with E-state index in [1.807, 2.05) is 30.3 Å². The molecule has 0 saturated heterocycles. The number of ether oxygens (including phenoxy) is 1. The second kappa shape index (κ2) is 8.76. The smallest absolute Gasteiger partial charge is 0.280 e. The number of anilines is 2. The molecule has 0 bridgehead atoms. The van der Waals surface area contributed by atoms with Gasteiger partial charge in [0.2, 0.25) is 0 Å². The maximum Gasteiger partial charge on any atom is 0.280 e. The van der Waals surface area contributed by atoms with Gasteiger partial charge in [-0.15, -0.1) is 0 Å². The van der Waals surface area contributed by atoms with E-state index < -0.39 is 17.6 Å². The summed E-state index contributed by atoms with van der Waals surface area (Å²) in [5.41, 5.74) is 1.28. The maximum absolute atomic E-state index is 14.3. The number of carbonyl (C=O) groups excluding carboxylic acids is 2. The van der Waals surface area contributed by atoms with E-state index in [0.717, 1.165) is 11.8 Å². The standard InChI is InChI=1S/C23H19FN4O4/c1-14-17(10-11-32-14)22(29)26-19-12-15(8-9-18(19)24)25-23(30)21-20(31-2)13-28(27-21)16-6-4-3-5-7-16/h3-13H,1-2H3,(H,25,30)(H,26,29). The predicted molar refractivity (Wildman–Crippen MR) is 116 cm³/mol. The van der Waals surface area contributed by atoms with Crippen LogP contribution in [0.1, 0.15) is 26.6 Å². The van der Waals surface area contributed by atoms with Gasteiger partial charge in [-0.3, -0.25) is 9.59 Å². The first-order valence-corrected chi connectivity index (χ1v) is 9.61. The Kier molecular flexibility index (Phi) is 5.71. The zero-order chi connectivity index (χ0) is 22.7. The monoisotopic (exact) mass is 434 g/mol. The number of aromatic nitrogens is 2. The Morgan fingerprint density at radius 2 is 1.84 bits per heavy atom. The first-order valence-electron chi connectivity index (χ1n) is 9.61. The van der Waals surface area contributed by atoms with Gasteiger partial charge in [-0.25, -0.2) is 9.07 Å². The van der Waals surface area contributed by atoms with Gasteiger partial charge in [0.05, 0.1) is 36.5 Å². The lowest BCUT2D eigenvalue weighted by Gasteiger charge is -2.09. The Morgan fingerprint density at radius 1 is 1.06 bits per heavy atom. The molecule has 2 amide bonds. The van der Waals surface area contributed by atoms with Crippen molar-refractivity contribution in [3.63, 3.8) is 0 Å². The Balaban J connectivity index is 1.55. The molecular formula is C23H19FN4O4. The van der Waals surface area contributed by atoms with Gasteiger partial charge in [0.25, 0.3) is 11.8 Å². The molecule has 4 rings (SSSR count). The van der Waals surface area contributed by atoms with Crippen LogP contribution in [0.25, 0.3) is 5.69 Å². The van der Waals surface area contributed by atoms with Crippen molar-refractivity contribution in [2.24, 2.45) is 0 Å². The number of halogens is 1. The molecule has 0 spiro atoms. The minimum atomic E-state index is -0.650. The lowest BCUT2D eigenvalue weighted by Crippen LogP contribution is -2.16. The maximum atomic E-state index is 14.3. The number of furan rings is 1. The average Bonchev–Trinajstić information content (AvgIpc) is 3.43. The van der Waals surface area contributed by atoms with E-state index in [9.17, 15) is 14.0 Å². The fourth-order valence-corrected chi connectivity index (χ4v) is 3.08. The highest BCUT2D eigenvalue weighted by atomic mass is 19.1. The van der Waals surface area contributed by atoms with Crippen molar-refractivity contribution in [3.05, 3.63) is 89.9 Å². The van der Waals surface area contributed by atoms with Gasteiger partial charge in [-0.05, 0) is 43.3 Å². The Hall–Kier alpha value is -4.40. The largest absolute Gasteiger partial charge is 0.493 e. The number of aryl methyl sites for hydroxylation is 1. The van der Waals surface area contributed by atoms with Crippen molar-refractivity contribution >= 4 is 23.2 Å². The molecule has 0 unspecified atom stereocenters. The molecule has 2 aromatic heterocycles. The zero-order valence-electron chi connectivity index (χ0n) is 17.3. The van der Waals surface area contributed by atoms with E-state index in [0.29, 0.717) is 5.76 Å². The molecule has 0 aliphatic rings. The number of benzene rings is 2. The highest BCUT2D eigenvalue weighted by Crippen LogP contribution is 2.24. The number of hydrogen-bond donors (Lipinski definition) is 2. The van der Waals surface area contributed by atoms with Crippen molar-refractivity contribution in [2.45, 2.75) is 6.92 Å². The summed E-state index contributed by atoms with van der Waals surface area (Å²) < 4.78 is 26.2. The number of rotatable bonds is 6. The van der Waals surface area contributed by atoms with Gasteiger partial charge in [0, 0.05) is 5.69 Å². The summed E-state index contributed by atoms with van der Waals surface area (Å²) in [5.74, 6) is -1.04. The molecule has 0 atom stereocenters. The van der Waals surface area contributed by atoms with Crippen LogP contribution in [0.3, 0.4) is 0 Å². The van der Waals surface area contributed by atoms with Gasteiger partial charge in [0.1, 0.15) is 11.6 Å². The van der Waals surface area contributed by atoms with Crippen LogP contribution < -0.4 is 15.4 Å². The molecular weight excluding hydrogens is 415 g/mol. The van der Waals surface area contributed by atoms with Crippen LogP contribution in [0.2, 0.25) is 0 Å². The topological polar surface area (TPSA) is 98.4 Å². The summed E-state index contributed by atoms with van der Waals surface area (Å²) in [7, 11) is 1.44. The zero-order valence-corrected chi connectivity index (χ0v) is 17.3. The van der Waals surface area contributed by atoms with Gasteiger partial charge in [-0.1, -0.05) is 18.2 Å². The summed E-state index contributed by atoms with van der Waals surface area (Å²) >= 11 is 0.